The van der Waals surface area contributed by atoms with Gasteiger partial charge in [0, 0.05) is 13.2 Å². The lowest BCUT2D eigenvalue weighted by Gasteiger charge is -2.39. The quantitative estimate of drug-likeness (QED) is 0.706. The van der Waals surface area contributed by atoms with E-state index in [0.717, 1.165) is 0 Å². The molecule has 2 saturated heterocycles. The molecular weight excluding hydrogens is 198 g/mol. The molecule has 5 heteroatoms. The smallest absolute Gasteiger partial charge is 0.326 e. The molecule has 84 valence electrons. The number of hydrogen-bond donors (Lipinski definition) is 1. The molecule has 2 rings (SSSR count). The third-order valence-electron chi connectivity index (χ3n) is 3.28. The van der Waals surface area contributed by atoms with Crippen LogP contribution in [0.5, 0.6) is 0 Å². The number of nitrogens with zero attached hydrogens (tertiary/aromatic N) is 1. The fourth-order valence-corrected chi connectivity index (χ4v) is 2.18. The first-order valence-corrected chi connectivity index (χ1v) is 5.26. The molecule has 0 aliphatic carbocycles. The van der Waals surface area contributed by atoms with Crippen LogP contribution >= 0.6 is 0 Å². The van der Waals surface area contributed by atoms with Gasteiger partial charge in [-0.1, -0.05) is 0 Å². The molecule has 1 N–H and O–H groups in total. The number of aliphatic carboxylic acids is 1. The van der Waals surface area contributed by atoms with Crippen LogP contribution in [-0.4, -0.2) is 47.2 Å². The van der Waals surface area contributed by atoms with Crippen molar-refractivity contribution in [2.45, 2.75) is 31.9 Å². The fourth-order valence-electron chi connectivity index (χ4n) is 2.18. The summed E-state index contributed by atoms with van der Waals surface area (Å²) in [5.74, 6) is -1.10. The molecular formula is C10H15NO4. The number of carboxylic acids is 1. The summed E-state index contributed by atoms with van der Waals surface area (Å²) < 4.78 is 5.31. The van der Waals surface area contributed by atoms with E-state index >= 15 is 0 Å². The molecule has 15 heavy (non-hydrogen) atoms. The summed E-state index contributed by atoms with van der Waals surface area (Å²) in [5.41, 5.74) is 0. The van der Waals surface area contributed by atoms with Crippen LogP contribution in [0.2, 0.25) is 0 Å². The van der Waals surface area contributed by atoms with Gasteiger partial charge in [0.2, 0.25) is 5.91 Å². The number of rotatable bonds is 2. The number of hydrogen-bond acceptors (Lipinski definition) is 3. The van der Waals surface area contributed by atoms with E-state index in [2.05, 4.69) is 0 Å². The maximum Gasteiger partial charge on any atom is 0.326 e. The van der Waals surface area contributed by atoms with E-state index in [4.69, 9.17) is 9.84 Å². The zero-order chi connectivity index (χ0) is 11.0. The number of ether oxygens (including phenoxy) is 1. The Balaban J connectivity index is 1.99. The Morgan fingerprint density at radius 2 is 2.13 bits per heavy atom. The first-order chi connectivity index (χ1) is 7.11. The number of carboxylic acid groups (broad SMARTS) is 1. The minimum atomic E-state index is -0.902. The van der Waals surface area contributed by atoms with E-state index in [1.807, 2.05) is 6.92 Å². The Kier molecular flexibility index (Phi) is 2.65. The molecule has 2 aliphatic rings. The standard InChI is InChI=1S/C10H15NO4/c1-6-7(3-5-15-6)9(12)11-4-2-8(11)10(13)14/h6-8H,2-5H2,1H3,(H,13,14). The van der Waals surface area contributed by atoms with Gasteiger partial charge in [-0.05, 0) is 19.8 Å². The minimum Gasteiger partial charge on any atom is -0.480 e. The van der Waals surface area contributed by atoms with Crippen molar-refractivity contribution in [2.24, 2.45) is 5.92 Å². The van der Waals surface area contributed by atoms with Gasteiger partial charge in [0.15, 0.2) is 0 Å². The van der Waals surface area contributed by atoms with Gasteiger partial charge < -0.3 is 14.7 Å². The van der Waals surface area contributed by atoms with Gasteiger partial charge >= 0.3 is 5.97 Å². The molecule has 0 radical (unpaired) electrons. The van der Waals surface area contributed by atoms with Crippen molar-refractivity contribution in [1.82, 2.24) is 4.90 Å². The minimum absolute atomic E-state index is 0.0568. The zero-order valence-electron chi connectivity index (χ0n) is 8.68. The molecule has 0 aromatic heterocycles. The van der Waals surface area contributed by atoms with Crippen molar-refractivity contribution < 1.29 is 19.4 Å². The van der Waals surface area contributed by atoms with Crippen LogP contribution in [0.15, 0.2) is 0 Å². The SMILES string of the molecule is CC1OCCC1C(=O)N1CCC1C(=O)O. The monoisotopic (exact) mass is 213 g/mol. The summed E-state index contributed by atoms with van der Waals surface area (Å²) in [4.78, 5) is 24.2. The lowest BCUT2D eigenvalue weighted by molar-refractivity contribution is -0.160. The van der Waals surface area contributed by atoms with Gasteiger partial charge in [0.1, 0.15) is 6.04 Å². The number of likely N-dealkylation sites (tertiary alicyclic amines) is 1. The average Bonchev–Trinajstić information content (AvgIpc) is 2.47. The second-order valence-corrected chi connectivity index (χ2v) is 4.15. The van der Waals surface area contributed by atoms with Gasteiger partial charge in [0.05, 0.1) is 12.0 Å². The van der Waals surface area contributed by atoms with Gasteiger partial charge in [-0.2, -0.15) is 0 Å². The Morgan fingerprint density at radius 3 is 2.53 bits per heavy atom. The van der Waals surface area contributed by atoms with Crippen LogP contribution in [0.25, 0.3) is 0 Å². The predicted octanol–water partition coefficient (Wildman–Crippen LogP) is 0.0969. The lowest BCUT2D eigenvalue weighted by atomic mass is 9.95. The Labute approximate surface area is 88.0 Å². The highest BCUT2D eigenvalue weighted by Gasteiger charge is 2.42. The summed E-state index contributed by atoms with van der Waals surface area (Å²) in [5, 5.41) is 8.84. The molecule has 0 aromatic rings. The molecule has 3 atom stereocenters. The first-order valence-electron chi connectivity index (χ1n) is 5.26. The van der Waals surface area contributed by atoms with Crippen molar-refractivity contribution in [3.8, 4) is 0 Å². The van der Waals surface area contributed by atoms with Crippen LogP contribution < -0.4 is 0 Å². The maximum absolute atomic E-state index is 11.9. The van der Waals surface area contributed by atoms with Crippen molar-refractivity contribution in [2.75, 3.05) is 13.2 Å². The fraction of sp³-hybridized carbons (Fsp3) is 0.800. The number of amides is 1. The highest BCUT2D eigenvalue weighted by molar-refractivity contribution is 5.87. The van der Waals surface area contributed by atoms with Crippen LogP contribution in [-0.2, 0) is 14.3 Å². The van der Waals surface area contributed by atoms with Gasteiger partial charge in [0.25, 0.3) is 0 Å². The van der Waals surface area contributed by atoms with Crippen LogP contribution in [0.3, 0.4) is 0 Å². The summed E-state index contributed by atoms with van der Waals surface area (Å²) in [6.07, 6.45) is 1.21. The third-order valence-corrected chi connectivity index (χ3v) is 3.28. The van der Waals surface area contributed by atoms with Gasteiger partial charge in [-0.25, -0.2) is 4.79 Å². The Hall–Kier alpha value is -1.10. The molecule has 2 fully saturated rings. The van der Waals surface area contributed by atoms with E-state index in [0.29, 0.717) is 26.0 Å². The van der Waals surface area contributed by atoms with Crippen LogP contribution in [0.4, 0.5) is 0 Å². The molecule has 2 aliphatic heterocycles. The van der Waals surface area contributed by atoms with E-state index in [1.165, 1.54) is 4.90 Å². The molecule has 3 unspecified atom stereocenters. The Bertz CT molecular complexity index is 291. The molecule has 2 heterocycles. The summed E-state index contributed by atoms with van der Waals surface area (Å²) in [6.45, 7) is 3.04. The van der Waals surface area contributed by atoms with Crippen LogP contribution in [0, 0.1) is 5.92 Å². The highest BCUT2D eigenvalue weighted by atomic mass is 16.5. The van der Waals surface area contributed by atoms with Gasteiger partial charge in [-0.3, -0.25) is 4.79 Å². The molecule has 0 bridgehead atoms. The maximum atomic E-state index is 11.9. The first kappa shape index (κ1) is 10.4. The van der Waals surface area contributed by atoms with Crippen LogP contribution in [0.1, 0.15) is 19.8 Å². The Morgan fingerprint density at radius 1 is 1.40 bits per heavy atom. The molecule has 5 nitrogen and oxygen atoms in total. The van der Waals surface area contributed by atoms with Crippen molar-refractivity contribution in [1.29, 1.82) is 0 Å². The van der Waals surface area contributed by atoms with E-state index in [-0.39, 0.29) is 17.9 Å². The highest BCUT2D eigenvalue weighted by Crippen LogP contribution is 2.27. The van der Waals surface area contributed by atoms with Crippen molar-refractivity contribution in [3.63, 3.8) is 0 Å². The van der Waals surface area contributed by atoms with Crippen molar-refractivity contribution in [3.05, 3.63) is 0 Å². The predicted molar refractivity (Wildman–Crippen MR) is 51.3 cm³/mol. The summed E-state index contributed by atoms with van der Waals surface area (Å²) in [7, 11) is 0. The molecule has 0 aromatic carbocycles. The normalized spacial score (nSPS) is 35.0. The van der Waals surface area contributed by atoms with Crippen molar-refractivity contribution >= 4 is 11.9 Å². The molecule has 0 spiro atoms. The topological polar surface area (TPSA) is 66.8 Å². The van der Waals surface area contributed by atoms with E-state index < -0.39 is 12.0 Å². The summed E-state index contributed by atoms with van der Waals surface area (Å²) in [6, 6.07) is -0.606. The second-order valence-electron chi connectivity index (χ2n) is 4.15. The zero-order valence-corrected chi connectivity index (χ0v) is 8.68. The molecule has 1 amide bonds. The molecule has 0 saturated carbocycles. The van der Waals surface area contributed by atoms with Gasteiger partial charge in [-0.15, -0.1) is 0 Å². The average molecular weight is 213 g/mol. The van der Waals surface area contributed by atoms with E-state index in [1.54, 1.807) is 0 Å². The lowest BCUT2D eigenvalue weighted by Crippen LogP contribution is -2.57. The second kappa shape index (κ2) is 3.81. The number of carbonyl (C=O) groups excluding carboxylic acids is 1. The summed E-state index contributed by atoms with van der Waals surface area (Å²) >= 11 is 0. The third kappa shape index (κ3) is 1.71. The largest absolute Gasteiger partial charge is 0.480 e. The van der Waals surface area contributed by atoms with E-state index in [9.17, 15) is 9.59 Å². The number of carbonyl (C=O) groups is 2.